The van der Waals surface area contributed by atoms with E-state index in [1.807, 2.05) is 6.08 Å². The summed E-state index contributed by atoms with van der Waals surface area (Å²) in [6.07, 6.45) is 9.32. The lowest BCUT2D eigenvalue weighted by molar-refractivity contribution is 0.358. The van der Waals surface area contributed by atoms with Gasteiger partial charge in [0.2, 0.25) is 0 Å². The summed E-state index contributed by atoms with van der Waals surface area (Å²) in [4.78, 5) is 2.47. The smallest absolute Gasteiger partial charge is 0.0398 e. The third-order valence-electron chi connectivity index (χ3n) is 4.75. The van der Waals surface area contributed by atoms with Gasteiger partial charge >= 0.3 is 0 Å². The number of likely N-dealkylation sites (N-methyl/N-ethyl adjacent to an activating group) is 1. The molecule has 1 aliphatic carbocycles. The highest BCUT2D eigenvalue weighted by atomic mass is 35.5. The zero-order valence-electron chi connectivity index (χ0n) is 13.5. The van der Waals surface area contributed by atoms with Crippen LogP contribution in [0, 0.1) is 5.92 Å². The van der Waals surface area contributed by atoms with Crippen molar-refractivity contribution in [2.75, 3.05) is 26.2 Å². The summed E-state index contributed by atoms with van der Waals surface area (Å²) >= 11 is 6.39. The van der Waals surface area contributed by atoms with E-state index in [4.69, 9.17) is 11.6 Å². The number of allylic oxidation sites excluding steroid dienone is 3. The van der Waals surface area contributed by atoms with E-state index in [0.717, 1.165) is 42.7 Å². The Kier molecular flexibility index (Phi) is 6.53. The van der Waals surface area contributed by atoms with Gasteiger partial charge in [0, 0.05) is 30.7 Å². The third kappa shape index (κ3) is 4.98. The fraction of sp³-hybridized carbons (Fsp3) is 0.667. The summed E-state index contributed by atoms with van der Waals surface area (Å²) in [6.45, 7) is 12.8. The van der Waals surface area contributed by atoms with Crippen molar-refractivity contribution in [3.8, 4) is 0 Å². The van der Waals surface area contributed by atoms with Gasteiger partial charge in [-0.15, -0.1) is 0 Å². The molecule has 2 fully saturated rings. The van der Waals surface area contributed by atoms with Crippen LogP contribution in [0.2, 0.25) is 0 Å². The molecule has 0 aromatic carbocycles. The Morgan fingerprint density at radius 1 is 1.33 bits per heavy atom. The first-order valence-corrected chi connectivity index (χ1v) is 8.65. The molecule has 0 bridgehead atoms. The standard InChI is InChI=1S/C18H29ClN2/c1-4-20-17-10-11-21(13-17)12-14(2)8-9-18(19)15(3)16-6-5-7-16/h8-9,16-17,20H,2,4-7,10-13H2,1,3H3. The Bertz CT molecular complexity index is 421. The van der Waals surface area contributed by atoms with E-state index < -0.39 is 0 Å². The Hall–Kier alpha value is -0.570. The van der Waals surface area contributed by atoms with Crippen molar-refractivity contribution in [2.24, 2.45) is 5.92 Å². The predicted octanol–water partition coefficient (Wildman–Crippen LogP) is 4.10. The molecule has 0 amide bonds. The SMILES string of the molecule is C=C(C=CC(Cl)=C(C)C1CCC1)CN1CCC(NCC)C1. The number of nitrogens with zero attached hydrogens (tertiary/aromatic N) is 1. The number of hydrogen-bond donors (Lipinski definition) is 1. The van der Waals surface area contributed by atoms with E-state index >= 15 is 0 Å². The summed E-state index contributed by atoms with van der Waals surface area (Å²) in [7, 11) is 0. The van der Waals surface area contributed by atoms with Crippen LogP contribution in [0.4, 0.5) is 0 Å². The van der Waals surface area contributed by atoms with Crippen LogP contribution in [0.5, 0.6) is 0 Å². The highest BCUT2D eigenvalue weighted by molar-refractivity contribution is 6.31. The lowest BCUT2D eigenvalue weighted by Gasteiger charge is -2.26. The first-order valence-electron chi connectivity index (χ1n) is 8.28. The highest BCUT2D eigenvalue weighted by Gasteiger charge is 2.22. The van der Waals surface area contributed by atoms with Crippen LogP contribution < -0.4 is 5.32 Å². The van der Waals surface area contributed by atoms with E-state index in [0.29, 0.717) is 6.04 Å². The van der Waals surface area contributed by atoms with Gasteiger partial charge in [-0.05, 0) is 50.3 Å². The van der Waals surface area contributed by atoms with Gasteiger partial charge in [-0.25, -0.2) is 0 Å². The van der Waals surface area contributed by atoms with Crippen LogP contribution in [-0.4, -0.2) is 37.1 Å². The van der Waals surface area contributed by atoms with Gasteiger partial charge in [0.05, 0.1) is 0 Å². The monoisotopic (exact) mass is 308 g/mol. The normalized spacial score (nSPS) is 25.2. The second-order valence-corrected chi connectivity index (χ2v) is 6.84. The maximum Gasteiger partial charge on any atom is 0.0398 e. The lowest BCUT2D eigenvalue weighted by Crippen LogP contribution is -2.32. The van der Waals surface area contributed by atoms with Gasteiger partial charge in [-0.3, -0.25) is 4.90 Å². The van der Waals surface area contributed by atoms with Gasteiger partial charge < -0.3 is 5.32 Å². The van der Waals surface area contributed by atoms with E-state index in [1.165, 1.54) is 31.3 Å². The van der Waals surface area contributed by atoms with Crippen molar-refractivity contribution in [1.82, 2.24) is 10.2 Å². The van der Waals surface area contributed by atoms with Gasteiger partial charge in [0.1, 0.15) is 0 Å². The number of rotatable bonds is 7. The van der Waals surface area contributed by atoms with E-state index in [9.17, 15) is 0 Å². The number of hydrogen-bond acceptors (Lipinski definition) is 2. The van der Waals surface area contributed by atoms with E-state index in [2.05, 4.69) is 36.7 Å². The van der Waals surface area contributed by atoms with Crippen molar-refractivity contribution >= 4 is 11.6 Å². The van der Waals surface area contributed by atoms with Crippen molar-refractivity contribution in [3.05, 3.63) is 34.9 Å². The van der Waals surface area contributed by atoms with Crippen molar-refractivity contribution in [2.45, 2.75) is 45.6 Å². The minimum atomic E-state index is 0.649. The molecule has 2 rings (SSSR count). The van der Waals surface area contributed by atoms with Crippen LogP contribution in [-0.2, 0) is 0 Å². The fourth-order valence-corrected chi connectivity index (χ4v) is 3.35. The van der Waals surface area contributed by atoms with Crippen LogP contribution in [0.15, 0.2) is 34.9 Å². The summed E-state index contributed by atoms with van der Waals surface area (Å²) < 4.78 is 0. The molecule has 1 saturated heterocycles. The van der Waals surface area contributed by atoms with Crippen molar-refractivity contribution in [1.29, 1.82) is 0 Å². The summed E-state index contributed by atoms with van der Waals surface area (Å²) in [5.74, 6) is 0.717. The molecule has 0 spiro atoms. The number of halogens is 1. The molecular weight excluding hydrogens is 280 g/mol. The summed E-state index contributed by atoms with van der Waals surface area (Å²) in [5.41, 5.74) is 2.49. The topological polar surface area (TPSA) is 15.3 Å². The molecule has 0 aromatic rings. The highest BCUT2D eigenvalue weighted by Crippen LogP contribution is 2.35. The molecule has 1 atom stereocenters. The third-order valence-corrected chi connectivity index (χ3v) is 5.18. The molecule has 2 aliphatic rings. The quantitative estimate of drug-likeness (QED) is 0.712. The Morgan fingerprint density at radius 3 is 2.71 bits per heavy atom. The predicted molar refractivity (Wildman–Crippen MR) is 92.7 cm³/mol. The number of likely N-dealkylation sites (tertiary alicyclic amines) is 1. The summed E-state index contributed by atoms with van der Waals surface area (Å²) in [5, 5.41) is 4.43. The molecule has 2 nitrogen and oxygen atoms in total. The Balaban J connectivity index is 1.77. The first kappa shape index (κ1) is 16.8. The molecule has 1 saturated carbocycles. The molecule has 0 aromatic heterocycles. The Labute approximate surface area is 134 Å². The van der Waals surface area contributed by atoms with Gasteiger partial charge in [0.25, 0.3) is 0 Å². The number of nitrogens with one attached hydrogen (secondary N) is 1. The van der Waals surface area contributed by atoms with E-state index in [-0.39, 0.29) is 0 Å². The molecule has 1 unspecified atom stereocenters. The molecule has 1 N–H and O–H groups in total. The van der Waals surface area contributed by atoms with E-state index in [1.54, 1.807) is 0 Å². The van der Waals surface area contributed by atoms with Crippen molar-refractivity contribution < 1.29 is 0 Å². The average Bonchev–Trinajstić information content (AvgIpc) is 2.81. The zero-order valence-corrected chi connectivity index (χ0v) is 14.3. The molecule has 0 radical (unpaired) electrons. The lowest BCUT2D eigenvalue weighted by atomic mass is 9.80. The Morgan fingerprint density at radius 2 is 2.10 bits per heavy atom. The molecule has 118 valence electrons. The fourth-order valence-electron chi connectivity index (χ4n) is 3.13. The van der Waals surface area contributed by atoms with Crippen LogP contribution >= 0.6 is 11.6 Å². The molecule has 3 heteroatoms. The van der Waals surface area contributed by atoms with Crippen LogP contribution in [0.1, 0.15) is 39.5 Å². The summed E-state index contributed by atoms with van der Waals surface area (Å²) in [6, 6.07) is 0.649. The first-order chi connectivity index (χ1) is 10.1. The molecule has 1 aliphatic heterocycles. The largest absolute Gasteiger partial charge is 0.313 e. The molecule has 21 heavy (non-hydrogen) atoms. The van der Waals surface area contributed by atoms with Gasteiger partial charge in [0.15, 0.2) is 0 Å². The van der Waals surface area contributed by atoms with Crippen molar-refractivity contribution in [3.63, 3.8) is 0 Å². The van der Waals surface area contributed by atoms with Gasteiger partial charge in [-0.1, -0.05) is 43.2 Å². The van der Waals surface area contributed by atoms with Crippen LogP contribution in [0.3, 0.4) is 0 Å². The second-order valence-electron chi connectivity index (χ2n) is 6.43. The average molecular weight is 309 g/mol. The maximum absolute atomic E-state index is 6.39. The molecule has 1 heterocycles. The minimum Gasteiger partial charge on any atom is -0.313 e. The second kappa shape index (κ2) is 8.17. The minimum absolute atomic E-state index is 0.649. The van der Waals surface area contributed by atoms with Crippen LogP contribution in [0.25, 0.3) is 0 Å². The maximum atomic E-state index is 6.39. The zero-order chi connectivity index (χ0) is 15.2. The molecular formula is C18H29ClN2. The van der Waals surface area contributed by atoms with Gasteiger partial charge in [-0.2, -0.15) is 0 Å².